The Morgan fingerprint density at radius 1 is 0.953 bits per heavy atom. The van der Waals surface area contributed by atoms with Crippen molar-refractivity contribution in [1.29, 1.82) is 0 Å². The molecule has 0 radical (unpaired) electrons. The molecule has 64 heavy (non-hydrogen) atoms. The third-order valence-corrected chi connectivity index (χ3v) is 13.7. The van der Waals surface area contributed by atoms with E-state index in [-0.39, 0.29) is 60.6 Å². The van der Waals surface area contributed by atoms with Crippen molar-refractivity contribution in [1.82, 2.24) is 24.5 Å². The van der Waals surface area contributed by atoms with Crippen LogP contribution in [-0.2, 0) is 14.8 Å². The predicted molar refractivity (Wildman–Crippen MR) is 237 cm³/mol. The van der Waals surface area contributed by atoms with E-state index >= 15 is 8.78 Å². The number of piperazine rings is 1. The zero-order valence-electron chi connectivity index (χ0n) is 34.6. The second kappa shape index (κ2) is 19.7. The lowest BCUT2D eigenvalue weighted by atomic mass is 9.92. The first-order valence-electron chi connectivity index (χ1n) is 20.8. The van der Waals surface area contributed by atoms with Crippen molar-refractivity contribution in [3.05, 3.63) is 112 Å². The number of H-pyrrole nitrogens is 1. The highest BCUT2D eigenvalue weighted by Gasteiger charge is 2.34. The lowest BCUT2D eigenvalue weighted by molar-refractivity contribution is -0.0331. The van der Waals surface area contributed by atoms with Crippen LogP contribution in [0.5, 0.6) is 17.4 Å². The molecule has 3 aliphatic rings. The molecule has 2 N–H and O–H groups in total. The van der Waals surface area contributed by atoms with Gasteiger partial charge in [0.15, 0.2) is 11.6 Å². The largest absolute Gasteiger partial charge is 0.473 e. The predicted octanol–water partition coefficient (Wildman–Crippen LogP) is 8.41. The Hall–Kier alpha value is -4.91. The number of aromatic nitrogens is 2. The van der Waals surface area contributed by atoms with Gasteiger partial charge in [0.05, 0.1) is 17.8 Å². The average Bonchev–Trinajstić information content (AvgIpc) is 3.74. The van der Waals surface area contributed by atoms with Crippen molar-refractivity contribution in [2.75, 3.05) is 83.9 Å². The molecule has 1 amide bonds. The van der Waals surface area contributed by atoms with Gasteiger partial charge in [-0.25, -0.2) is 35.7 Å². The summed E-state index contributed by atoms with van der Waals surface area (Å²) in [4.78, 5) is 26.5. The fourth-order valence-corrected chi connectivity index (χ4v) is 9.53. The summed E-state index contributed by atoms with van der Waals surface area (Å²) in [5.74, 6) is -2.26. The number of hydrogen-bond donors (Lipinski definition) is 2. The molecule has 5 aromatic rings. The highest BCUT2D eigenvalue weighted by Crippen LogP contribution is 2.36. The number of anilines is 1. The number of rotatable bonds is 15. The van der Waals surface area contributed by atoms with Crippen LogP contribution in [0.15, 0.2) is 89.6 Å². The number of carbonyl (C=O) groups excluding carboxylic acids is 1. The van der Waals surface area contributed by atoms with Crippen LogP contribution in [0.3, 0.4) is 0 Å². The van der Waals surface area contributed by atoms with Crippen molar-refractivity contribution in [2.24, 2.45) is 0 Å². The maximum atomic E-state index is 15.5. The minimum atomic E-state index is -4.59. The number of halogens is 6. The number of fused-ring (bicyclic) bond motifs is 1. The van der Waals surface area contributed by atoms with Gasteiger partial charge in [0, 0.05) is 112 Å². The molecule has 19 heteroatoms. The van der Waals surface area contributed by atoms with Gasteiger partial charge >= 0.3 is 0 Å². The van der Waals surface area contributed by atoms with Crippen LogP contribution in [-0.4, -0.2) is 125 Å². The maximum absolute atomic E-state index is 15.5. The molecule has 8 rings (SSSR count). The summed E-state index contributed by atoms with van der Waals surface area (Å²) in [6, 6.07) is 16.9. The molecular weight excluding hydrogens is 899 g/mol. The monoisotopic (exact) mass is 944 g/mol. The first-order chi connectivity index (χ1) is 30.8. The van der Waals surface area contributed by atoms with Gasteiger partial charge in [-0.15, -0.1) is 0 Å². The van der Waals surface area contributed by atoms with Gasteiger partial charge in [0.2, 0.25) is 5.88 Å². The van der Waals surface area contributed by atoms with E-state index in [1.165, 1.54) is 18.2 Å². The average molecular weight is 946 g/mol. The number of aromatic amines is 1. The summed E-state index contributed by atoms with van der Waals surface area (Å²) in [6.45, 7) is 2.46. The molecule has 2 saturated heterocycles. The first-order valence-corrected chi connectivity index (χ1v) is 23.1. The first kappa shape index (κ1) is 45.7. The normalized spacial score (nSPS) is 17.6. The Morgan fingerprint density at radius 3 is 2.42 bits per heavy atom. The Balaban J connectivity index is 1.00. The third-order valence-electron chi connectivity index (χ3n) is 11.9. The van der Waals surface area contributed by atoms with E-state index in [1.807, 2.05) is 33.9 Å². The number of nitrogens with zero attached hydrogens (tertiary/aromatic N) is 4. The summed E-state index contributed by atoms with van der Waals surface area (Å²) >= 11 is 12.5. The molecule has 3 aromatic carbocycles. The Morgan fingerprint density at radius 2 is 1.70 bits per heavy atom. The zero-order chi connectivity index (χ0) is 45.0. The van der Waals surface area contributed by atoms with Gasteiger partial charge in [-0.2, -0.15) is 0 Å². The molecule has 3 aliphatic heterocycles. The van der Waals surface area contributed by atoms with Crippen LogP contribution >= 0.6 is 23.2 Å². The van der Waals surface area contributed by atoms with E-state index in [4.69, 9.17) is 37.4 Å². The van der Waals surface area contributed by atoms with Crippen LogP contribution in [0.4, 0.5) is 23.2 Å². The number of ether oxygens (including phenoxy) is 3. The molecule has 0 atom stereocenters. The number of pyridine rings is 1. The summed E-state index contributed by atoms with van der Waals surface area (Å²) in [6.07, 6.45) is 3.47. The van der Waals surface area contributed by atoms with Gasteiger partial charge in [-0.3, -0.25) is 14.6 Å². The topological polar surface area (TPSA) is 129 Å². The number of hydrogen-bond acceptors (Lipinski definition) is 10. The molecule has 5 heterocycles. The van der Waals surface area contributed by atoms with Crippen molar-refractivity contribution in [2.45, 2.75) is 35.9 Å². The minimum absolute atomic E-state index is 0.107. The third kappa shape index (κ3) is 10.5. The second-order valence-corrected chi connectivity index (χ2v) is 18.6. The molecule has 2 aromatic heterocycles. The molecule has 340 valence electrons. The van der Waals surface area contributed by atoms with E-state index in [0.29, 0.717) is 73.8 Å². The van der Waals surface area contributed by atoms with Gasteiger partial charge in [0.1, 0.15) is 41.3 Å². The smallest absolute Gasteiger partial charge is 0.268 e. The molecule has 0 aliphatic carbocycles. The van der Waals surface area contributed by atoms with Gasteiger partial charge in [0.25, 0.3) is 15.9 Å². The number of amides is 1. The minimum Gasteiger partial charge on any atom is -0.473 e. The highest BCUT2D eigenvalue weighted by atomic mass is 35.5. The van der Waals surface area contributed by atoms with Crippen molar-refractivity contribution in [3.8, 4) is 17.4 Å². The Bertz CT molecular complexity index is 2620. The number of benzene rings is 3. The van der Waals surface area contributed by atoms with Crippen LogP contribution in [0.25, 0.3) is 16.5 Å². The Labute approximate surface area is 378 Å². The number of sulfonamides is 1. The highest BCUT2D eigenvalue weighted by molar-refractivity contribution is 7.90. The van der Waals surface area contributed by atoms with E-state index in [1.54, 1.807) is 24.4 Å². The zero-order valence-corrected chi connectivity index (χ0v) is 36.9. The molecule has 0 bridgehead atoms. The summed E-state index contributed by atoms with van der Waals surface area (Å²) in [7, 11) is -4.59. The quantitative estimate of drug-likeness (QED) is 0.0988. The number of carbonyl (C=O) groups is 1. The van der Waals surface area contributed by atoms with Crippen molar-refractivity contribution in [3.63, 3.8) is 0 Å². The molecule has 0 saturated carbocycles. The van der Waals surface area contributed by atoms with Crippen LogP contribution in [0.2, 0.25) is 10.0 Å². The van der Waals surface area contributed by atoms with E-state index < -0.39 is 51.7 Å². The van der Waals surface area contributed by atoms with Gasteiger partial charge in [-0.05, 0) is 65.6 Å². The van der Waals surface area contributed by atoms with Crippen LogP contribution < -0.4 is 19.1 Å². The summed E-state index contributed by atoms with van der Waals surface area (Å²) in [5, 5.41) is 1.05. The van der Waals surface area contributed by atoms with Crippen LogP contribution in [0, 0.1) is 5.82 Å². The molecular formula is C45H46Cl2F4N6O6S. The van der Waals surface area contributed by atoms with Crippen molar-refractivity contribution >= 4 is 61.3 Å². The SMILES string of the molecule is O=C(NS(=O)(=O)c1cnc(OCC2(F)CCOCC2)c(Cl)c1)c1ccc(N2CCN(CC3=C(c4ccc(Cl)cc4)CCN(C(CF)CF)C3)CC2)cc1Oc1cc2cc[nH]c2cc1F. The van der Waals surface area contributed by atoms with Gasteiger partial charge < -0.3 is 24.1 Å². The van der Waals surface area contributed by atoms with Crippen molar-refractivity contribution < 1.29 is 45.0 Å². The second-order valence-electron chi connectivity index (χ2n) is 16.1. The lowest BCUT2D eigenvalue weighted by Gasteiger charge is -2.40. The standard InChI is InChI=1S/C45H46Cl2F4N6O6S/c46-32-3-1-29(2-4-32)36-8-12-57(34(23-48)24-49)27-31(36)26-55-13-15-56(16-14-55)33-5-6-37(41(20-33)63-42-19-30-7-11-52-40(30)22-39(42)50)43(58)54-64(59,60)35-21-38(47)44(53-25-35)62-28-45(51)9-17-61-18-10-45/h1-7,11,19-22,25,34,52H,8-10,12-18,23-24,26-28H2,(H,54,58). The van der Waals surface area contributed by atoms with Crippen LogP contribution in [0.1, 0.15) is 35.2 Å². The van der Waals surface area contributed by atoms with E-state index in [2.05, 4.69) is 19.8 Å². The Kier molecular flexibility index (Phi) is 14.0. The number of nitrogens with one attached hydrogen (secondary N) is 2. The van der Waals surface area contributed by atoms with E-state index in [9.17, 15) is 22.0 Å². The molecule has 0 spiro atoms. The molecule has 2 fully saturated rings. The lowest BCUT2D eigenvalue weighted by Crippen LogP contribution is -2.49. The fraction of sp³-hybridized carbons (Fsp3) is 0.378. The summed E-state index contributed by atoms with van der Waals surface area (Å²) in [5.41, 5.74) is 2.55. The fourth-order valence-electron chi connectivity index (χ4n) is 8.18. The van der Waals surface area contributed by atoms with Gasteiger partial charge in [-0.1, -0.05) is 35.3 Å². The van der Waals surface area contributed by atoms with E-state index in [0.717, 1.165) is 29.0 Å². The molecule has 0 unspecified atom stereocenters. The maximum Gasteiger partial charge on any atom is 0.268 e. The number of alkyl halides is 3. The summed E-state index contributed by atoms with van der Waals surface area (Å²) < 4.78 is 104. The molecule has 12 nitrogen and oxygen atoms in total.